The molecule has 33 heavy (non-hydrogen) atoms. The second-order valence-electron chi connectivity index (χ2n) is 8.77. The van der Waals surface area contributed by atoms with Gasteiger partial charge in [-0.05, 0) is 103 Å². The summed E-state index contributed by atoms with van der Waals surface area (Å²) in [5, 5.41) is 13.7. The van der Waals surface area contributed by atoms with Gasteiger partial charge in [0, 0.05) is 11.1 Å². The largest absolute Gasteiger partial charge is 0.497 e. The quantitative estimate of drug-likeness (QED) is 0.491. The maximum atomic E-state index is 13.3. The SMILES string of the molecule is COc1ccc(Cn2nnnc2[C@H](c2cc3cc(C)c(C)cc3[nH]c2=O)N2CCCC2)cc1. The molecule has 0 unspecified atom stereocenters. The number of aromatic amines is 1. The van der Waals surface area contributed by atoms with E-state index >= 15 is 0 Å². The Bertz CT molecular complexity index is 1340. The minimum atomic E-state index is -0.310. The van der Waals surface area contributed by atoms with Crippen molar-refractivity contribution >= 4 is 10.9 Å². The number of aryl methyl sites for hydroxylation is 2. The number of benzene rings is 2. The van der Waals surface area contributed by atoms with Crippen molar-refractivity contribution in [2.75, 3.05) is 20.2 Å². The van der Waals surface area contributed by atoms with Crippen LogP contribution in [0.2, 0.25) is 0 Å². The second-order valence-corrected chi connectivity index (χ2v) is 8.77. The second kappa shape index (κ2) is 8.78. The van der Waals surface area contributed by atoms with Crippen molar-refractivity contribution in [1.82, 2.24) is 30.1 Å². The van der Waals surface area contributed by atoms with Crippen molar-refractivity contribution in [3.05, 3.63) is 80.9 Å². The highest BCUT2D eigenvalue weighted by Gasteiger charge is 2.32. The van der Waals surface area contributed by atoms with E-state index in [1.54, 1.807) is 11.8 Å². The highest BCUT2D eigenvalue weighted by Crippen LogP contribution is 2.30. The normalized spacial score (nSPS) is 15.2. The summed E-state index contributed by atoms with van der Waals surface area (Å²) < 4.78 is 7.06. The Morgan fingerprint density at radius 2 is 1.79 bits per heavy atom. The molecule has 2 aromatic carbocycles. The molecule has 0 saturated carbocycles. The Morgan fingerprint density at radius 3 is 2.52 bits per heavy atom. The number of aromatic nitrogens is 5. The van der Waals surface area contributed by atoms with Gasteiger partial charge in [-0.25, -0.2) is 4.68 Å². The average molecular weight is 445 g/mol. The maximum absolute atomic E-state index is 13.3. The van der Waals surface area contributed by atoms with Gasteiger partial charge in [0.1, 0.15) is 11.8 Å². The zero-order chi connectivity index (χ0) is 22.9. The number of fused-ring (bicyclic) bond motifs is 1. The van der Waals surface area contributed by atoms with Crippen LogP contribution in [0.5, 0.6) is 5.75 Å². The third kappa shape index (κ3) is 4.14. The molecule has 1 saturated heterocycles. The number of methoxy groups -OCH3 is 1. The molecule has 0 aliphatic carbocycles. The van der Waals surface area contributed by atoms with Crippen LogP contribution in [0.3, 0.4) is 0 Å². The minimum absolute atomic E-state index is 0.0957. The molecule has 0 amide bonds. The first kappa shape index (κ1) is 21.3. The van der Waals surface area contributed by atoms with E-state index in [0.29, 0.717) is 17.9 Å². The van der Waals surface area contributed by atoms with Gasteiger partial charge in [0.25, 0.3) is 5.56 Å². The molecule has 0 spiro atoms. The van der Waals surface area contributed by atoms with Crippen LogP contribution >= 0.6 is 0 Å². The molecule has 170 valence electrons. The van der Waals surface area contributed by atoms with Gasteiger partial charge < -0.3 is 9.72 Å². The molecule has 1 aliphatic rings. The van der Waals surface area contributed by atoms with E-state index in [2.05, 4.69) is 45.3 Å². The van der Waals surface area contributed by atoms with E-state index in [4.69, 9.17) is 4.74 Å². The van der Waals surface area contributed by atoms with Gasteiger partial charge in [0.05, 0.1) is 13.7 Å². The van der Waals surface area contributed by atoms with Crippen molar-refractivity contribution in [3.63, 3.8) is 0 Å². The molecule has 4 aromatic rings. The molecular weight excluding hydrogens is 416 g/mol. The first-order valence-electron chi connectivity index (χ1n) is 11.3. The minimum Gasteiger partial charge on any atom is -0.497 e. The first-order valence-corrected chi connectivity index (χ1v) is 11.3. The summed E-state index contributed by atoms with van der Waals surface area (Å²) >= 11 is 0. The van der Waals surface area contributed by atoms with Gasteiger partial charge in [0.2, 0.25) is 0 Å². The molecule has 1 aliphatic heterocycles. The Balaban J connectivity index is 1.59. The molecule has 5 rings (SSSR count). The van der Waals surface area contributed by atoms with Crippen LogP contribution in [-0.4, -0.2) is 50.3 Å². The zero-order valence-electron chi connectivity index (χ0n) is 19.2. The Labute approximate surface area is 192 Å². The Kier molecular flexibility index (Phi) is 5.68. The molecule has 0 bridgehead atoms. The summed E-state index contributed by atoms with van der Waals surface area (Å²) in [5.74, 6) is 1.49. The van der Waals surface area contributed by atoms with Crippen LogP contribution in [0.15, 0.2) is 47.3 Å². The third-order valence-corrected chi connectivity index (χ3v) is 6.58. The van der Waals surface area contributed by atoms with Gasteiger partial charge >= 0.3 is 0 Å². The molecule has 0 radical (unpaired) electrons. The lowest BCUT2D eigenvalue weighted by Gasteiger charge is -2.26. The van der Waals surface area contributed by atoms with Crippen LogP contribution < -0.4 is 10.3 Å². The lowest BCUT2D eigenvalue weighted by molar-refractivity contribution is 0.263. The summed E-state index contributed by atoms with van der Waals surface area (Å²) in [6.45, 7) is 6.48. The van der Waals surface area contributed by atoms with Crippen LogP contribution in [0.1, 0.15) is 47.0 Å². The smallest absolute Gasteiger partial charge is 0.253 e. The molecule has 1 fully saturated rings. The molecule has 1 N–H and O–H groups in total. The molecular formula is C25H28N6O2. The summed E-state index contributed by atoms with van der Waals surface area (Å²) in [7, 11) is 1.65. The highest BCUT2D eigenvalue weighted by atomic mass is 16.5. The van der Waals surface area contributed by atoms with Crippen molar-refractivity contribution < 1.29 is 4.74 Å². The third-order valence-electron chi connectivity index (χ3n) is 6.58. The lowest BCUT2D eigenvalue weighted by atomic mass is 10.0. The number of nitrogens with zero attached hydrogens (tertiary/aromatic N) is 5. The first-order chi connectivity index (χ1) is 16.0. The number of hydrogen-bond donors (Lipinski definition) is 1. The summed E-state index contributed by atoms with van der Waals surface area (Å²) in [5.41, 5.74) is 4.85. The van der Waals surface area contributed by atoms with E-state index in [-0.39, 0.29) is 11.6 Å². The standard InChI is InChI=1S/C25H28N6O2/c1-16-12-19-14-21(25(32)26-22(19)13-17(16)2)23(30-10-4-5-11-30)24-27-28-29-31(24)15-18-6-8-20(33-3)9-7-18/h6-9,12-14,23H,4-5,10-11,15H2,1-3H3,(H,26,32)/t23-/m0/s1. The number of rotatable bonds is 6. The number of ether oxygens (including phenoxy) is 1. The molecule has 3 heterocycles. The lowest BCUT2D eigenvalue weighted by Crippen LogP contribution is -2.33. The van der Waals surface area contributed by atoms with Gasteiger partial charge in [-0.2, -0.15) is 0 Å². The molecule has 8 nitrogen and oxygen atoms in total. The van der Waals surface area contributed by atoms with E-state index < -0.39 is 0 Å². The molecule has 2 aromatic heterocycles. The summed E-state index contributed by atoms with van der Waals surface area (Å²) in [4.78, 5) is 18.7. The van der Waals surface area contributed by atoms with Gasteiger partial charge in [0.15, 0.2) is 5.82 Å². The number of likely N-dealkylation sites (tertiary alicyclic amines) is 1. The predicted molar refractivity (Wildman–Crippen MR) is 127 cm³/mol. The van der Waals surface area contributed by atoms with E-state index in [1.165, 1.54) is 5.56 Å². The van der Waals surface area contributed by atoms with Crippen molar-refractivity contribution in [3.8, 4) is 5.75 Å². The van der Waals surface area contributed by atoms with E-state index in [1.807, 2.05) is 36.4 Å². The van der Waals surface area contributed by atoms with Crippen LogP contribution in [0.25, 0.3) is 10.9 Å². The number of nitrogens with one attached hydrogen (secondary N) is 1. The zero-order valence-corrected chi connectivity index (χ0v) is 19.2. The number of tetrazole rings is 1. The molecule has 8 heteroatoms. The highest BCUT2D eigenvalue weighted by molar-refractivity contribution is 5.81. The summed E-state index contributed by atoms with van der Waals surface area (Å²) in [6, 6.07) is 13.7. The van der Waals surface area contributed by atoms with Gasteiger partial charge in [-0.1, -0.05) is 12.1 Å². The van der Waals surface area contributed by atoms with Crippen LogP contribution in [0, 0.1) is 13.8 Å². The number of pyridine rings is 1. The fourth-order valence-electron chi connectivity index (χ4n) is 4.62. The molecule has 1 atom stereocenters. The number of H-pyrrole nitrogens is 1. The van der Waals surface area contributed by atoms with Gasteiger partial charge in [-0.3, -0.25) is 9.69 Å². The predicted octanol–water partition coefficient (Wildman–Crippen LogP) is 3.37. The van der Waals surface area contributed by atoms with Crippen molar-refractivity contribution in [1.29, 1.82) is 0 Å². The van der Waals surface area contributed by atoms with Crippen molar-refractivity contribution in [2.24, 2.45) is 0 Å². The van der Waals surface area contributed by atoms with Crippen LogP contribution in [-0.2, 0) is 6.54 Å². The van der Waals surface area contributed by atoms with Crippen molar-refractivity contribution in [2.45, 2.75) is 39.3 Å². The maximum Gasteiger partial charge on any atom is 0.253 e. The topological polar surface area (TPSA) is 88.9 Å². The number of hydrogen-bond acceptors (Lipinski definition) is 6. The van der Waals surface area contributed by atoms with E-state index in [0.717, 1.165) is 53.7 Å². The average Bonchev–Trinajstić information content (AvgIpc) is 3.50. The monoisotopic (exact) mass is 444 g/mol. The Morgan fingerprint density at radius 1 is 1.06 bits per heavy atom. The fourth-order valence-corrected chi connectivity index (χ4v) is 4.62. The van der Waals surface area contributed by atoms with Crippen LogP contribution in [0.4, 0.5) is 0 Å². The van der Waals surface area contributed by atoms with E-state index in [9.17, 15) is 4.79 Å². The fraction of sp³-hybridized carbons (Fsp3) is 0.360. The Hall–Kier alpha value is -3.52. The summed E-state index contributed by atoms with van der Waals surface area (Å²) in [6.07, 6.45) is 2.20. The van der Waals surface area contributed by atoms with Gasteiger partial charge in [-0.15, -0.1) is 5.10 Å².